The minimum atomic E-state index is -0.480. The first-order valence-corrected chi connectivity index (χ1v) is 3.10. The van der Waals surface area contributed by atoms with Gasteiger partial charge in [-0.05, 0) is 0 Å². The monoisotopic (exact) mass is 154 g/mol. The third-order valence-electron chi connectivity index (χ3n) is 0.427. The van der Waals surface area contributed by atoms with Gasteiger partial charge in [-0.1, -0.05) is 0 Å². The molecule has 0 aliphatic rings. The number of carbonyl (C=O) groups excluding carboxylic acids is 1. The molecule has 0 radical (unpaired) electrons. The molecule has 0 spiro atoms. The van der Waals surface area contributed by atoms with Gasteiger partial charge in [0.15, 0.2) is 5.78 Å². The molecule has 0 aliphatic heterocycles. The van der Waals surface area contributed by atoms with Crippen molar-refractivity contribution in [3.05, 3.63) is 0 Å². The van der Waals surface area contributed by atoms with Crippen molar-refractivity contribution in [1.82, 2.24) is 0 Å². The molecule has 0 amide bonds. The zero-order valence-corrected chi connectivity index (χ0v) is 5.61. The predicted molar refractivity (Wildman–Crippen MR) is 29.3 cm³/mol. The summed E-state index contributed by atoms with van der Waals surface area (Å²) >= 11 is 5.05. The highest BCUT2D eigenvalue weighted by Gasteiger charge is 1.96. The highest BCUT2D eigenvalue weighted by Crippen LogP contribution is 1.93. The number of hydrogen-bond acceptors (Lipinski definition) is 3. The van der Waals surface area contributed by atoms with Crippen LogP contribution in [0.5, 0.6) is 0 Å². The fourth-order valence-corrected chi connectivity index (χ4v) is 0.411. The van der Waals surface area contributed by atoms with Crippen LogP contribution >= 0.6 is 20.3 Å². The zero-order valence-electron chi connectivity index (χ0n) is 3.96. The lowest BCUT2D eigenvalue weighted by atomic mass is 10.5. The molecule has 0 N–H and O–H groups in total. The summed E-state index contributed by atoms with van der Waals surface area (Å²) in [6, 6.07) is 0. The van der Waals surface area contributed by atoms with E-state index in [9.17, 15) is 9.36 Å². The molecule has 0 rings (SSSR count). The van der Waals surface area contributed by atoms with Crippen LogP contribution in [0.3, 0.4) is 0 Å². The second-order valence-corrected chi connectivity index (χ2v) is 1.69. The predicted octanol–water partition coefficient (Wildman–Crippen LogP) is 1.02. The topological polar surface area (TPSA) is 43.4 Å². The van der Waals surface area contributed by atoms with Crippen molar-refractivity contribution < 1.29 is 13.9 Å². The van der Waals surface area contributed by atoms with Crippen molar-refractivity contribution in [3.63, 3.8) is 0 Å². The number of rotatable bonds is 4. The Morgan fingerprint density at radius 1 is 1.75 bits per heavy atom. The maximum atomic E-state index is 10.2. The molecule has 0 heterocycles. The van der Waals surface area contributed by atoms with Gasteiger partial charge in [-0.25, -0.2) is 4.57 Å². The summed E-state index contributed by atoms with van der Waals surface area (Å²) < 4.78 is 13.7. The van der Waals surface area contributed by atoms with E-state index in [1.54, 1.807) is 0 Å². The van der Waals surface area contributed by atoms with E-state index in [-0.39, 0.29) is 18.3 Å². The molecule has 3 nitrogen and oxygen atoms in total. The number of alkyl halides is 1. The van der Waals surface area contributed by atoms with Gasteiger partial charge in [-0.2, -0.15) is 0 Å². The minimum absolute atomic E-state index is 0.0878. The Bertz CT molecular complexity index is 94.5. The smallest absolute Gasteiger partial charge is 0.296 e. The molecule has 0 saturated heterocycles. The fourth-order valence-electron chi connectivity index (χ4n) is 0.137. The molecule has 0 aromatic carbocycles. The Hall–Kier alpha value is 0.0200. The van der Waals surface area contributed by atoms with E-state index in [2.05, 4.69) is 4.52 Å². The van der Waals surface area contributed by atoms with Crippen LogP contribution in [0.25, 0.3) is 0 Å². The molecular formula is C3H4ClO3P. The Morgan fingerprint density at radius 2 is 2.38 bits per heavy atom. The average molecular weight is 154 g/mol. The molecule has 0 bridgehead atoms. The standard InChI is InChI=1S/C3H4ClO3P/c4-1-3(5)2-7-8-6/h1-2H2. The molecule has 0 fully saturated rings. The first-order chi connectivity index (χ1) is 3.81. The third kappa shape index (κ3) is 4.19. The van der Waals surface area contributed by atoms with Crippen molar-refractivity contribution in [1.29, 1.82) is 0 Å². The summed E-state index contributed by atoms with van der Waals surface area (Å²) in [7, 11) is -0.480. The van der Waals surface area contributed by atoms with Gasteiger partial charge in [0, 0.05) is 0 Å². The van der Waals surface area contributed by atoms with Gasteiger partial charge in [-0.3, -0.25) is 9.32 Å². The van der Waals surface area contributed by atoms with E-state index >= 15 is 0 Å². The molecule has 5 heteroatoms. The van der Waals surface area contributed by atoms with Crippen LogP contribution < -0.4 is 0 Å². The van der Waals surface area contributed by atoms with Gasteiger partial charge in [-0.15, -0.1) is 11.6 Å². The van der Waals surface area contributed by atoms with Gasteiger partial charge in [0.1, 0.15) is 6.61 Å². The van der Waals surface area contributed by atoms with Crippen LogP contribution in [0.1, 0.15) is 0 Å². The van der Waals surface area contributed by atoms with E-state index in [0.29, 0.717) is 0 Å². The minimum Gasteiger partial charge on any atom is -0.296 e. The molecule has 0 atom stereocenters. The summed E-state index contributed by atoms with van der Waals surface area (Å²) in [6.07, 6.45) is 0. The average Bonchev–Trinajstić information content (AvgIpc) is 1.83. The Kier molecular flexibility index (Phi) is 5.18. The van der Waals surface area contributed by atoms with Gasteiger partial charge >= 0.3 is 8.69 Å². The van der Waals surface area contributed by atoms with E-state index in [4.69, 9.17) is 11.6 Å². The summed E-state index contributed by atoms with van der Waals surface area (Å²) in [5, 5.41) is 0. The molecule has 0 unspecified atom stereocenters. The van der Waals surface area contributed by atoms with Gasteiger partial charge in [0.05, 0.1) is 5.88 Å². The van der Waals surface area contributed by atoms with Crippen LogP contribution in [0.15, 0.2) is 0 Å². The Morgan fingerprint density at radius 3 is 2.75 bits per heavy atom. The number of hydrogen-bond donors (Lipinski definition) is 0. The van der Waals surface area contributed by atoms with Crippen molar-refractivity contribution in [2.45, 2.75) is 0 Å². The van der Waals surface area contributed by atoms with Crippen molar-refractivity contribution in [2.24, 2.45) is 0 Å². The Labute approximate surface area is 53.3 Å². The third-order valence-corrected chi connectivity index (χ3v) is 0.960. The lowest BCUT2D eigenvalue weighted by molar-refractivity contribution is -0.118. The van der Waals surface area contributed by atoms with Crippen LogP contribution in [-0.2, 0) is 13.9 Å². The molecule has 0 saturated carbocycles. The molecule has 0 aromatic rings. The first-order valence-electron chi connectivity index (χ1n) is 1.83. The van der Waals surface area contributed by atoms with Gasteiger partial charge < -0.3 is 0 Å². The highest BCUT2D eigenvalue weighted by atomic mass is 35.5. The van der Waals surface area contributed by atoms with E-state index in [0.717, 1.165) is 0 Å². The summed E-state index contributed by atoms with van der Waals surface area (Å²) in [4.78, 5) is 10.2. The number of Topliss-reactive ketones (excluding diaryl/α,β-unsaturated/α-hetero) is 1. The maximum absolute atomic E-state index is 10.2. The fraction of sp³-hybridized carbons (Fsp3) is 0.667. The van der Waals surface area contributed by atoms with E-state index in [1.165, 1.54) is 0 Å². The summed E-state index contributed by atoms with van der Waals surface area (Å²) in [5.41, 5.74) is 0. The lowest BCUT2D eigenvalue weighted by Gasteiger charge is -1.86. The molecular weight excluding hydrogens is 150 g/mol. The normalized spacial score (nSPS) is 9.62. The van der Waals surface area contributed by atoms with Crippen LogP contribution in [0.4, 0.5) is 0 Å². The zero-order chi connectivity index (χ0) is 6.41. The second kappa shape index (κ2) is 5.16. The van der Waals surface area contributed by atoms with Gasteiger partial charge in [0.2, 0.25) is 0 Å². The van der Waals surface area contributed by atoms with Gasteiger partial charge in [0.25, 0.3) is 0 Å². The molecule has 46 valence electrons. The lowest BCUT2D eigenvalue weighted by Crippen LogP contribution is -2.04. The van der Waals surface area contributed by atoms with Crippen molar-refractivity contribution in [2.75, 3.05) is 12.5 Å². The maximum Gasteiger partial charge on any atom is 0.327 e. The van der Waals surface area contributed by atoms with Crippen LogP contribution in [0, 0.1) is 0 Å². The van der Waals surface area contributed by atoms with E-state index in [1.807, 2.05) is 0 Å². The second-order valence-electron chi connectivity index (χ2n) is 1.02. The Balaban J connectivity index is 3.11. The number of ketones is 1. The largest absolute Gasteiger partial charge is 0.327 e. The summed E-state index contributed by atoms with van der Waals surface area (Å²) in [6.45, 7) is -0.172. The quantitative estimate of drug-likeness (QED) is 0.449. The number of halogens is 1. The SMILES string of the molecule is O=POCC(=O)CCl. The van der Waals surface area contributed by atoms with Crippen LogP contribution in [0.2, 0.25) is 0 Å². The van der Waals surface area contributed by atoms with Crippen molar-refractivity contribution in [3.8, 4) is 0 Å². The van der Waals surface area contributed by atoms with Crippen LogP contribution in [-0.4, -0.2) is 18.3 Å². The molecule has 0 aromatic heterocycles. The molecule has 8 heavy (non-hydrogen) atoms. The highest BCUT2D eigenvalue weighted by molar-refractivity contribution is 7.17. The number of carbonyl (C=O) groups is 1. The molecule has 0 aliphatic carbocycles. The van der Waals surface area contributed by atoms with E-state index < -0.39 is 8.69 Å². The first kappa shape index (κ1) is 8.02. The van der Waals surface area contributed by atoms with Crippen molar-refractivity contribution >= 4 is 26.1 Å². The summed E-state index contributed by atoms with van der Waals surface area (Å²) in [5.74, 6) is -0.356.